The Morgan fingerprint density at radius 2 is 2.25 bits per heavy atom. The minimum absolute atomic E-state index is 0.660. The first-order valence-corrected chi connectivity index (χ1v) is 5.71. The zero-order chi connectivity index (χ0) is 12.0. The Bertz CT molecular complexity index is 363. The molecule has 0 atom stereocenters. The molecule has 3 heteroatoms. The molecule has 0 amide bonds. The lowest BCUT2D eigenvalue weighted by atomic mass is 10.2. The van der Waals surface area contributed by atoms with Crippen LogP contribution < -0.4 is 10.1 Å². The Morgan fingerprint density at radius 1 is 1.50 bits per heavy atom. The highest BCUT2D eigenvalue weighted by Crippen LogP contribution is 2.23. The second-order valence-electron chi connectivity index (χ2n) is 3.84. The van der Waals surface area contributed by atoms with Gasteiger partial charge in [-0.3, -0.25) is 0 Å². The average Bonchev–Trinajstić information content (AvgIpc) is 2.21. The van der Waals surface area contributed by atoms with Gasteiger partial charge < -0.3 is 10.1 Å². The van der Waals surface area contributed by atoms with Crippen molar-refractivity contribution in [2.24, 2.45) is 0 Å². The van der Waals surface area contributed by atoms with Crippen LogP contribution in [0.1, 0.15) is 18.9 Å². The molecule has 1 aromatic carbocycles. The zero-order valence-corrected chi connectivity index (χ0v) is 10.6. The summed E-state index contributed by atoms with van der Waals surface area (Å²) in [6.07, 6.45) is 0.877. The van der Waals surface area contributed by atoms with Gasteiger partial charge in [0.1, 0.15) is 5.75 Å². The molecular formula is C13H18ClNO. The normalized spacial score (nSPS) is 10.2. The summed E-state index contributed by atoms with van der Waals surface area (Å²) >= 11 is 5.94. The molecule has 0 radical (unpaired) electrons. The van der Waals surface area contributed by atoms with Gasteiger partial charge in [0.15, 0.2) is 0 Å². The van der Waals surface area contributed by atoms with Crippen molar-refractivity contribution in [1.82, 2.24) is 5.32 Å². The van der Waals surface area contributed by atoms with Gasteiger partial charge in [-0.25, -0.2) is 0 Å². The summed E-state index contributed by atoms with van der Waals surface area (Å²) in [5.74, 6) is 0.889. The third kappa shape index (κ3) is 4.25. The van der Waals surface area contributed by atoms with Crippen LogP contribution in [0.5, 0.6) is 5.75 Å². The molecule has 0 aromatic heterocycles. The van der Waals surface area contributed by atoms with Gasteiger partial charge in [0.05, 0.1) is 6.61 Å². The summed E-state index contributed by atoms with van der Waals surface area (Å²) in [7, 11) is 1.90. The van der Waals surface area contributed by atoms with E-state index < -0.39 is 0 Å². The van der Waals surface area contributed by atoms with E-state index in [-0.39, 0.29) is 0 Å². The first-order valence-electron chi connectivity index (χ1n) is 5.33. The molecule has 1 rings (SSSR count). The van der Waals surface area contributed by atoms with Crippen LogP contribution in [0.2, 0.25) is 5.02 Å². The molecule has 2 nitrogen and oxygen atoms in total. The van der Waals surface area contributed by atoms with E-state index in [4.69, 9.17) is 16.3 Å². The van der Waals surface area contributed by atoms with Crippen LogP contribution in [0.25, 0.3) is 0 Å². The molecule has 16 heavy (non-hydrogen) atoms. The third-order valence-electron chi connectivity index (χ3n) is 2.18. The fourth-order valence-corrected chi connectivity index (χ4v) is 1.55. The topological polar surface area (TPSA) is 21.3 Å². The predicted molar refractivity (Wildman–Crippen MR) is 69.1 cm³/mol. The van der Waals surface area contributed by atoms with Crippen LogP contribution in [-0.4, -0.2) is 13.7 Å². The van der Waals surface area contributed by atoms with Crippen LogP contribution in [-0.2, 0) is 6.54 Å². The van der Waals surface area contributed by atoms with Crippen molar-refractivity contribution in [2.75, 3.05) is 13.7 Å². The molecule has 0 bridgehead atoms. The summed E-state index contributed by atoms with van der Waals surface area (Å²) in [6, 6.07) is 5.68. The van der Waals surface area contributed by atoms with Gasteiger partial charge in [0.25, 0.3) is 0 Å². The van der Waals surface area contributed by atoms with Gasteiger partial charge in [-0.1, -0.05) is 17.2 Å². The van der Waals surface area contributed by atoms with E-state index in [9.17, 15) is 0 Å². The van der Waals surface area contributed by atoms with Crippen molar-refractivity contribution < 1.29 is 4.74 Å². The number of hydrogen-bond acceptors (Lipinski definition) is 2. The number of nitrogens with one attached hydrogen (secondary N) is 1. The van der Waals surface area contributed by atoms with Crippen LogP contribution in [0.4, 0.5) is 0 Å². The number of benzene rings is 1. The average molecular weight is 240 g/mol. The van der Waals surface area contributed by atoms with Crippen molar-refractivity contribution in [3.8, 4) is 5.75 Å². The van der Waals surface area contributed by atoms with E-state index in [0.29, 0.717) is 6.61 Å². The molecule has 1 aromatic rings. The van der Waals surface area contributed by atoms with E-state index >= 15 is 0 Å². The second-order valence-corrected chi connectivity index (χ2v) is 4.27. The van der Waals surface area contributed by atoms with Crippen molar-refractivity contribution >= 4 is 11.6 Å². The number of rotatable bonds is 6. The highest BCUT2D eigenvalue weighted by atomic mass is 35.5. The molecule has 0 aliphatic carbocycles. The summed E-state index contributed by atoms with van der Waals surface area (Å²) < 4.78 is 5.70. The maximum Gasteiger partial charge on any atom is 0.123 e. The first-order chi connectivity index (χ1) is 7.63. The van der Waals surface area contributed by atoms with Crippen LogP contribution in [0, 0.1) is 0 Å². The highest BCUT2D eigenvalue weighted by Gasteiger charge is 2.03. The van der Waals surface area contributed by atoms with E-state index in [1.807, 2.05) is 32.2 Å². The highest BCUT2D eigenvalue weighted by molar-refractivity contribution is 6.30. The molecule has 0 heterocycles. The maximum absolute atomic E-state index is 5.94. The summed E-state index contributed by atoms with van der Waals surface area (Å²) in [5.41, 5.74) is 2.21. The lowest BCUT2D eigenvalue weighted by Gasteiger charge is -2.11. The minimum Gasteiger partial charge on any atom is -0.493 e. The first kappa shape index (κ1) is 13.1. The lowest BCUT2D eigenvalue weighted by molar-refractivity contribution is 0.318. The van der Waals surface area contributed by atoms with Gasteiger partial charge in [-0.05, 0) is 32.2 Å². The van der Waals surface area contributed by atoms with E-state index in [0.717, 1.165) is 34.9 Å². The summed E-state index contributed by atoms with van der Waals surface area (Å²) in [4.78, 5) is 0. The minimum atomic E-state index is 0.660. The van der Waals surface area contributed by atoms with Crippen molar-refractivity contribution in [2.45, 2.75) is 19.9 Å². The fraction of sp³-hybridized carbons (Fsp3) is 0.385. The zero-order valence-electron chi connectivity index (χ0n) is 9.85. The Morgan fingerprint density at radius 3 is 2.88 bits per heavy atom. The molecule has 0 saturated carbocycles. The molecule has 0 spiro atoms. The smallest absolute Gasteiger partial charge is 0.123 e. The summed E-state index contributed by atoms with van der Waals surface area (Å²) in [5, 5.41) is 3.83. The Kier molecular flexibility index (Phi) is 5.36. The quantitative estimate of drug-likeness (QED) is 0.769. The SMILES string of the molecule is C=C(C)CCOc1ccc(Cl)cc1CNC. The van der Waals surface area contributed by atoms with E-state index in [2.05, 4.69) is 11.9 Å². The van der Waals surface area contributed by atoms with Crippen LogP contribution in [0.15, 0.2) is 30.4 Å². The molecule has 0 aliphatic heterocycles. The maximum atomic E-state index is 5.94. The number of halogens is 1. The molecular weight excluding hydrogens is 222 g/mol. The Labute approximate surface area is 102 Å². The van der Waals surface area contributed by atoms with Gasteiger partial charge in [-0.2, -0.15) is 0 Å². The predicted octanol–water partition coefficient (Wildman–Crippen LogP) is 3.40. The van der Waals surface area contributed by atoms with Crippen molar-refractivity contribution in [3.05, 3.63) is 40.9 Å². The van der Waals surface area contributed by atoms with Crippen LogP contribution >= 0.6 is 11.6 Å². The molecule has 0 saturated heterocycles. The van der Waals surface area contributed by atoms with Gasteiger partial charge in [0, 0.05) is 23.6 Å². The molecule has 1 N–H and O–H groups in total. The van der Waals surface area contributed by atoms with Crippen LogP contribution in [0.3, 0.4) is 0 Å². The largest absolute Gasteiger partial charge is 0.493 e. The van der Waals surface area contributed by atoms with E-state index in [1.54, 1.807) is 0 Å². The number of hydrogen-bond donors (Lipinski definition) is 1. The standard InChI is InChI=1S/C13H18ClNO/c1-10(2)6-7-16-13-5-4-12(14)8-11(13)9-15-3/h4-5,8,15H,1,6-7,9H2,2-3H3. The van der Waals surface area contributed by atoms with Gasteiger partial charge in [-0.15, -0.1) is 6.58 Å². The Balaban J connectivity index is 2.66. The molecule has 0 aliphatic rings. The fourth-order valence-electron chi connectivity index (χ4n) is 1.35. The van der Waals surface area contributed by atoms with E-state index in [1.165, 1.54) is 0 Å². The Hall–Kier alpha value is -0.990. The third-order valence-corrected chi connectivity index (χ3v) is 2.41. The van der Waals surface area contributed by atoms with Crippen molar-refractivity contribution in [1.29, 1.82) is 0 Å². The second kappa shape index (κ2) is 6.56. The number of ether oxygens (including phenoxy) is 1. The van der Waals surface area contributed by atoms with Crippen molar-refractivity contribution in [3.63, 3.8) is 0 Å². The molecule has 0 unspecified atom stereocenters. The van der Waals surface area contributed by atoms with Gasteiger partial charge in [0.2, 0.25) is 0 Å². The molecule has 0 fully saturated rings. The van der Waals surface area contributed by atoms with Gasteiger partial charge >= 0.3 is 0 Å². The molecule has 88 valence electrons. The lowest BCUT2D eigenvalue weighted by Crippen LogP contribution is -2.08. The monoisotopic (exact) mass is 239 g/mol. The summed E-state index contributed by atoms with van der Waals surface area (Å²) in [6.45, 7) is 7.26.